The molecule has 0 saturated carbocycles. The van der Waals surface area contributed by atoms with Gasteiger partial charge in [0, 0.05) is 11.6 Å². The number of carbonyl (C=O) groups excluding carboxylic acids is 1. The van der Waals surface area contributed by atoms with Crippen LogP contribution in [0.15, 0.2) is 12.1 Å². The first-order chi connectivity index (χ1) is 6.49. The Morgan fingerprint density at radius 1 is 1.50 bits per heavy atom. The minimum atomic E-state index is -0.0529. The van der Waals surface area contributed by atoms with Gasteiger partial charge in [-0.1, -0.05) is 11.6 Å². The van der Waals surface area contributed by atoms with Gasteiger partial charge in [0.2, 0.25) is 5.88 Å². The van der Waals surface area contributed by atoms with Crippen molar-refractivity contribution in [3.05, 3.63) is 22.8 Å². The largest absolute Gasteiger partial charge is 0.475 e. The molecule has 0 bridgehead atoms. The Labute approximate surface area is 88.1 Å². The highest BCUT2D eigenvalue weighted by atomic mass is 35.5. The van der Waals surface area contributed by atoms with E-state index < -0.39 is 0 Å². The second-order valence-electron chi connectivity index (χ2n) is 3.24. The number of halogens is 1. The average Bonchev–Trinajstić information content (AvgIpc) is 2.01. The fourth-order valence-corrected chi connectivity index (χ4v) is 1.18. The Morgan fingerprint density at radius 3 is 2.64 bits per heavy atom. The van der Waals surface area contributed by atoms with Gasteiger partial charge in [-0.2, -0.15) is 0 Å². The molecule has 1 aromatic rings. The van der Waals surface area contributed by atoms with Crippen molar-refractivity contribution in [1.82, 2.24) is 4.98 Å². The zero-order valence-electron chi connectivity index (χ0n) is 8.37. The first-order valence-corrected chi connectivity index (χ1v) is 4.72. The Balaban J connectivity index is 3.01. The van der Waals surface area contributed by atoms with Crippen LogP contribution in [0.3, 0.4) is 0 Å². The first kappa shape index (κ1) is 11.0. The zero-order valence-corrected chi connectivity index (χ0v) is 9.13. The van der Waals surface area contributed by atoms with Crippen molar-refractivity contribution in [1.29, 1.82) is 0 Å². The number of carbonyl (C=O) groups is 1. The molecule has 0 aromatic carbocycles. The molecule has 0 saturated heterocycles. The van der Waals surface area contributed by atoms with E-state index in [-0.39, 0.29) is 17.0 Å². The molecular formula is C10H12ClNO2. The predicted octanol–water partition coefficient (Wildman–Crippen LogP) is 2.72. The summed E-state index contributed by atoms with van der Waals surface area (Å²) in [6.45, 7) is 5.25. The summed E-state index contributed by atoms with van der Waals surface area (Å²) < 4.78 is 5.34. The summed E-state index contributed by atoms with van der Waals surface area (Å²) in [6.07, 6.45) is 0.0146. The maximum Gasteiger partial charge on any atom is 0.215 e. The van der Waals surface area contributed by atoms with Crippen LogP contribution >= 0.6 is 11.6 Å². The Bertz CT molecular complexity index is 350. The fourth-order valence-electron chi connectivity index (χ4n) is 0.978. The monoisotopic (exact) mass is 213 g/mol. The fraction of sp³-hybridized carbons (Fsp3) is 0.400. The summed E-state index contributed by atoms with van der Waals surface area (Å²) in [5, 5.41) is 0.272. The number of Topliss-reactive ketones (excluding diaryl/α,β-unsaturated/α-hetero) is 1. The minimum absolute atomic E-state index is 0.0146. The molecule has 1 aromatic heterocycles. The molecule has 0 aliphatic heterocycles. The van der Waals surface area contributed by atoms with Gasteiger partial charge in [0.25, 0.3) is 0 Å². The molecule has 0 N–H and O–H groups in total. The Kier molecular flexibility index (Phi) is 3.47. The van der Waals surface area contributed by atoms with Crippen molar-refractivity contribution >= 4 is 17.4 Å². The van der Waals surface area contributed by atoms with Crippen LogP contribution in [0.2, 0.25) is 5.15 Å². The highest BCUT2D eigenvalue weighted by molar-refractivity contribution is 6.29. The molecule has 1 heterocycles. The van der Waals surface area contributed by atoms with Crippen molar-refractivity contribution in [2.24, 2.45) is 0 Å². The summed E-state index contributed by atoms with van der Waals surface area (Å²) in [5.74, 6) is 0.334. The molecule has 0 aliphatic rings. The lowest BCUT2D eigenvalue weighted by Crippen LogP contribution is -2.07. The third-order valence-electron chi connectivity index (χ3n) is 1.53. The van der Waals surface area contributed by atoms with Gasteiger partial charge in [0.15, 0.2) is 5.78 Å². The quantitative estimate of drug-likeness (QED) is 0.573. The van der Waals surface area contributed by atoms with E-state index in [1.165, 1.54) is 13.0 Å². The molecule has 0 unspecified atom stereocenters. The lowest BCUT2D eigenvalue weighted by atomic mass is 10.2. The third kappa shape index (κ3) is 3.00. The highest BCUT2D eigenvalue weighted by Crippen LogP contribution is 2.17. The molecule has 0 radical (unpaired) electrons. The molecule has 0 amide bonds. The van der Waals surface area contributed by atoms with Crippen LogP contribution in [0.5, 0.6) is 5.88 Å². The summed E-state index contributed by atoms with van der Waals surface area (Å²) in [4.78, 5) is 15.0. The van der Waals surface area contributed by atoms with Gasteiger partial charge < -0.3 is 4.74 Å². The van der Waals surface area contributed by atoms with E-state index in [0.29, 0.717) is 11.4 Å². The second-order valence-corrected chi connectivity index (χ2v) is 3.63. The van der Waals surface area contributed by atoms with E-state index in [4.69, 9.17) is 16.3 Å². The van der Waals surface area contributed by atoms with E-state index in [1.54, 1.807) is 6.07 Å². The number of ketones is 1. The predicted molar refractivity (Wildman–Crippen MR) is 55.0 cm³/mol. The lowest BCUT2D eigenvalue weighted by molar-refractivity contribution is 0.101. The van der Waals surface area contributed by atoms with Gasteiger partial charge >= 0.3 is 0 Å². The number of aromatic nitrogens is 1. The minimum Gasteiger partial charge on any atom is -0.475 e. The maximum absolute atomic E-state index is 11.1. The van der Waals surface area contributed by atoms with Crippen LogP contribution in [-0.4, -0.2) is 16.9 Å². The van der Waals surface area contributed by atoms with E-state index in [0.717, 1.165) is 0 Å². The molecule has 14 heavy (non-hydrogen) atoms. The topological polar surface area (TPSA) is 39.2 Å². The third-order valence-corrected chi connectivity index (χ3v) is 1.73. The second kappa shape index (κ2) is 4.42. The van der Waals surface area contributed by atoms with Crippen LogP contribution in [-0.2, 0) is 0 Å². The molecule has 3 nitrogen and oxygen atoms in total. The first-order valence-electron chi connectivity index (χ1n) is 4.34. The van der Waals surface area contributed by atoms with Crippen molar-refractivity contribution in [3.8, 4) is 5.88 Å². The number of nitrogens with zero attached hydrogens (tertiary/aromatic N) is 1. The Morgan fingerprint density at radius 2 is 2.14 bits per heavy atom. The summed E-state index contributed by atoms with van der Waals surface area (Å²) in [7, 11) is 0. The maximum atomic E-state index is 11.1. The number of pyridine rings is 1. The smallest absolute Gasteiger partial charge is 0.215 e. The van der Waals surface area contributed by atoms with Crippen LogP contribution in [0.25, 0.3) is 0 Å². The Hall–Kier alpha value is -1.09. The standard InChI is InChI=1S/C10H12ClNO2/c1-6(2)14-10-5-8(7(3)13)4-9(11)12-10/h4-6H,1-3H3. The van der Waals surface area contributed by atoms with Crippen molar-refractivity contribution in [3.63, 3.8) is 0 Å². The molecule has 76 valence electrons. The zero-order chi connectivity index (χ0) is 10.7. The molecular weight excluding hydrogens is 202 g/mol. The van der Waals surface area contributed by atoms with Gasteiger partial charge in [-0.05, 0) is 26.8 Å². The van der Waals surface area contributed by atoms with Crippen molar-refractivity contribution < 1.29 is 9.53 Å². The van der Waals surface area contributed by atoms with Crippen LogP contribution in [0.4, 0.5) is 0 Å². The van der Waals surface area contributed by atoms with Crippen molar-refractivity contribution in [2.45, 2.75) is 26.9 Å². The van der Waals surface area contributed by atoms with Crippen LogP contribution < -0.4 is 4.74 Å². The highest BCUT2D eigenvalue weighted by Gasteiger charge is 2.06. The molecule has 1 rings (SSSR count). The molecule has 0 spiro atoms. The molecule has 4 heteroatoms. The van der Waals surface area contributed by atoms with Crippen molar-refractivity contribution in [2.75, 3.05) is 0 Å². The number of hydrogen-bond acceptors (Lipinski definition) is 3. The van der Waals surface area contributed by atoms with E-state index in [9.17, 15) is 4.79 Å². The van der Waals surface area contributed by atoms with E-state index in [1.807, 2.05) is 13.8 Å². The summed E-state index contributed by atoms with van der Waals surface area (Å²) in [5.41, 5.74) is 0.514. The molecule has 0 aliphatic carbocycles. The van der Waals surface area contributed by atoms with Crippen LogP contribution in [0.1, 0.15) is 31.1 Å². The van der Waals surface area contributed by atoms with Gasteiger partial charge in [0.1, 0.15) is 5.15 Å². The number of rotatable bonds is 3. The number of ether oxygens (including phenoxy) is 1. The average molecular weight is 214 g/mol. The van der Waals surface area contributed by atoms with E-state index in [2.05, 4.69) is 4.98 Å². The van der Waals surface area contributed by atoms with Gasteiger partial charge in [-0.25, -0.2) is 4.98 Å². The van der Waals surface area contributed by atoms with Crippen LogP contribution in [0, 0.1) is 0 Å². The summed E-state index contributed by atoms with van der Waals surface area (Å²) in [6, 6.07) is 3.12. The van der Waals surface area contributed by atoms with E-state index >= 15 is 0 Å². The molecule has 0 atom stereocenters. The van der Waals surface area contributed by atoms with Gasteiger partial charge in [-0.3, -0.25) is 4.79 Å². The molecule has 0 fully saturated rings. The van der Waals surface area contributed by atoms with Gasteiger partial charge in [-0.15, -0.1) is 0 Å². The summed E-state index contributed by atoms with van der Waals surface area (Å²) >= 11 is 5.73. The lowest BCUT2D eigenvalue weighted by Gasteiger charge is -2.09. The van der Waals surface area contributed by atoms with Gasteiger partial charge in [0.05, 0.1) is 6.10 Å². The number of hydrogen-bond donors (Lipinski definition) is 0. The normalized spacial score (nSPS) is 10.4. The SMILES string of the molecule is CC(=O)c1cc(Cl)nc(OC(C)C)c1.